The van der Waals surface area contributed by atoms with Crippen LogP contribution in [0.25, 0.3) is 0 Å². The molecule has 1 aliphatic carbocycles. The van der Waals surface area contributed by atoms with Crippen molar-refractivity contribution in [1.29, 1.82) is 0 Å². The van der Waals surface area contributed by atoms with Gasteiger partial charge >= 0.3 is 11.8 Å². The molecule has 0 unspecified atom stereocenters. The quantitative estimate of drug-likeness (QED) is 0.684. The van der Waals surface area contributed by atoms with E-state index in [-0.39, 0.29) is 12.6 Å². The zero-order valence-corrected chi connectivity index (χ0v) is 11.6. The molecule has 0 spiro atoms. The lowest BCUT2D eigenvalue weighted by molar-refractivity contribution is -0.139. The van der Waals surface area contributed by atoms with E-state index in [0.29, 0.717) is 12.2 Å². The number of hydrogen-bond acceptors (Lipinski definition) is 4. The van der Waals surface area contributed by atoms with Crippen LogP contribution in [0.2, 0.25) is 0 Å². The van der Waals surface area contributed by atoms with Crippen LogP contribution in [0, 0.1) is 0 Å². The first-order valence-electron chi connectivity index (χ1n) is 7.16. The zero-order chi connectivity index (χ0) is 14.8. The van der Waals surface area contributed by atoms with Gasteiger partial charge in [0.15, 0.2) is 0 Å². The Kier molecular flexibility index (Phi) is 3.79. The molecule has 1 heterocycles. The normalized spacial score (nSPS) is 17.6. The Morgan fingerprint density at radius 3 is 2.90 bits per heavy atom. The predicted molar refractivity (Wildman–Crippen MR) is 74.8 cm³/mol. The van der Waals surface area contributed by atoms with Crippen LogP contribution in [0.4, 0.5) is 0 Å². The van der Waals surface area contributed by atoms with Crippen molar-refractivity contribution < 1.29 is 19.4 Å². The lowest BCUT2D eigenvalue weighted by atomic mass is 10.0. The molecule has 21 heavy (non-hydrogen) atoms. The number of carbonyl (C=O) groups is 2. The highest BCUT2D eigenvalue weighted by atomic mass is 16.5. The molecule has 1 aromatic carbocycles. The maximum Gasteiger partial charge on any atom is 0.309 e. The molecule has 0 radical (unpaired) electrons. The molecule has 2 amide bonds. The first-order valence-corrected chi connectivity index (χ1v) is 7.16. The Balaban J connectivity index is 1.52. The maximum absolute atomic E-state index is 11.6. The minimum atomic E-state index is -0.839. The Labute approximate surface area is 122 Å². The van der Waals surface area contributed by atoms with E-state index in [2.05, 4.69) is 10.6 Å². The van der Waals surface area contributed by atoms with Gasteiger partial charge in [-0.15, -0.1) is 0 Å². The van der Waals surface area contributed by atoms with Crippen LogP contribution >= 0.6 is 0 Å². The van der Waals surface area contributed by atoms with Crippen molar-refractivity contribution in [3.63, 3.8) is 0 Å². The topological polar surface area (TPSA) is 87.7 Å². The number of benzene rings is 1. The van der Waals surface area contributed by atoms with Crippen LogP contribution in [0.1, 0.15) is 30.1 Å². The summed E-state index contributed by atoms with van der Waals surface area (Å²) in [6.07, 6.45) is 1.84. The first kappa shape index (κ1) is 13.9. The summed E-state index contributed by atoms with van der Waals surface area (Å²) in [6.45, 7) is 0.670. The average molecular weight is 290 g/mol. The fraction of sp³-hybridized carbons (Fsp3) is 0.467. The van der Waals surface area contributed by atoms with Gasteiger partial charge in [-0.25, -0.2) is 0 Å². The van der Waals surface area contributed by atoms with Crippen LogP contribution in [-0.2, 0) is 16.0 Å². The van der Waals surface area contributed by atoms with Crippen LogP contribution in [0.15, 0.2) is 18.2 Å². The van der Waals surface area contributed by atoms with E-state index in [0.717, 1.165) is 30.6 Å². The second-order valence-electron chi connectivity index (χ2n) is 5.44. The fourth-order valence-corrected chi connectivity index (χ4v) is 2.28. The average Bonchev–Trinajstić information content (AvgIpc) is 3.17. The molecule has 1 fully saturated rings. The number of rotatable bonds is 4. The highest BCUT2D eigenvalue weighted by molar-refractivity contribution is 6.35. The summed E-state index contributed by atoms with van der Waals surface area (Å²) in [4.78, 5) is 23.0. The molecule has 1 aliphatic heterocycles. The number of aliphatic hydroxyl groups excluding tert-OH is 1. The van der Waals surface area contributed by atoms with E-state index in [1.165, 1.54) is 0 Å². The number of amides is 2. The van der Waals surface area contributed by atoms with Gasteiger partial charge in [0.05, 0.1) is 12.7 Å². The lowest BCUT2D eigenvalue weighted by Crippen LogP contribution is -2.42. The minimum absolute atomic E-state index is 0.0105. The van der Waals surface area contributed by atoms with Crippen LogP contribution in [0.3, 0.4) is 0 Å². The van der Waals surface area contributed by atoms with Crippen molar-refractivity contribution in [3.8, 4) is 5.75 Å². The molecular formula is C15H18N2O4. The molecular weight excluding hydrogens is 272 g/mol. The molecule has 3 rings (SSSR count). The third-order valence-electron chi connectivity index (χ3n) is 3.67. The molecule has 0 bridgehead atoms. The standard InChI is InChI=1S/C15H18N2O4/c18-12(8-16-14(19)15(20)17-11-2-3-11)9-1-4-13-10(7-9)5-6-21-13/h1,4,7,11-12,18H,2-3,5-6,8H2,(H,16,19)(H,17,20)/t12-/m0/s1. The van der Waals surface area contributed by atoms with Gasteiger partial charge in [-0.1, -0.05) is 6.07 Å². The third-order valence-corrected chi connectivity index (χ3v) is 3.67. The van der Waals surface area contributed by atoms with Crippen LogP contribution in [-0.4, -0.2) is 36.1 Å². The van der Waals surface area contributed by atoms with E-state index in [1.807, 2.05) is 12.1 Å². The largest absolute Gasteiger partial charge is 0.493 e. The number of ether oxygens (including phenoxy) is 1. The Morgan fingerprint density at radius 2 is 2.14 bits per heavy atom. The van der Waals surface area contributed by atoms with Gasteiger partial charge in [-0.2, -0.15) is 0 Å². The summed E-state index contributed by atoms with van der Waals surface area (Å²) in [7, 11) is 0. The molecule has 6 heteroatoms. The summed E-state index contributed by atoms with van der Waals surface area (Å²) < 4.78 is 5.40. The van der Waals surface area contributed by atoms with Gasteiger partial charge in [0.2, 0.25) is 0 Å². The van der Waals surface area contributed by atoms with Crippen molar-refractivity contribution in [2.45, 2.75) is 31.4 Å². The van der Waals surface area contributed by atoms with Crippen molar-refractivity contribution in [2.24, 2.45) is 0 Å². The molecule has 0 aromatic heterocycles. The zero-order valence-electron chi connectivity index (χ0n) is 11.6. The summed E-state index contributed by atoms with van der Waals surface area (Å²) in [5.74, 6) is -0.490. The SMILES string of the molecule is O=C(NC[C@H](O)c1ccc2c(c1)CCO2)C(=O)NC1CC1. The molecule has 1 aromatic rings. The number of nitrogens with one attached hydrogen (secondary N) is 2. The maximum atomic E-state index is 11.6. The van der Waals surface area contributed by atoms with Crippen molar-refractivity contribution in [3.05, 3.63) is 29.3 Å². The van der Waals surface area contributed by atoms with E-state index in [4.69, 9.17) is 4.74 Å². The summed E-state index contributed by atoms with van der Waals surface area (Å²) in [5, 5.41) is 15.1. The highest BCUT2D eigenvalue weighted by Crippen LogP contribution is 2.28. The Hall–Kier alpha value is -2.08. The molecule has 1 saturated carbocycles. The molecule has 3 N–H and O–H groups in total. The Morgan fingerprint density at radius 1 is 1.33 bits per heavy atom. The van der Waals surface area contributed by atoms with Crippen molar-refractivity contribution in [1.82, 2.24) is 10.6 Å². The van der Waals surface area contributed by atoms with E-state index in [1.54, 1.807) is 6.07 Å². The molecule has 2 aliphatic rings. The third kappa shape index (κ3) is 3.33. The molecule has 6 nitrogen and oxygen atoms in total. The van der Waals surface area contributed by atoms with Crippen LogP contribution < -0.4 is 15.4 Å². The van der Waals surface area contributed by atoms with E-state index < -0.39 is 17.9 Å². The summed E-state index contributed by atoms with van der Waals surface area (Å²) in [6, 6.07) is 5.61. The molecule has 1 atom stereocenters. The van der Waals surface area contributed by atoms with Crippen molar-refractivity contribution in [2.75, 3.05) is 13.2 Å². The van der Waals surface area contributed by atoms with Gasteiger partial charge in [-0.3, -0.25) is 9.59 Å². The summed E-state index contributed by atoms with van der Waals surface area (Å²) in [5.41, 5.74) is 1.77. The van der Waals surface area contributed by atoms with Crippen molar-refractivity contribution >= 4 is 11.8 Å². The number of aliphatic hydroxyl groups is 1. The predicted octanol–water partition coefficient (Wildman–Crippen LogP) is 0.0497. The Bertz CT molecular complexity index is 569. The van der Waals surface area contributed by atoms with Gasteiger partial charge in [-0.05, 0) is 36.1 Å². The monoisotopic (exact) mass is 290 g/mol. The second-order valence-corrected chi connectivity index (χ2v) is 5.44. The van der Waals surface area contributed by atoms with E-state index in [9.17, 15) is 14.7 Å². The van der Waals surface area contributed by atoms with Gasteiger partial charge in [0.25, 0.3) is 0 Å². The number of carbonyl (C=O) groups excluding carboxylic acids is 2. The van der Waals surface area contributed by atoms with Gasteiger partial charge in [0, 0.05) is 19.0 Å². The second kappa shape index (κ2) is 5.73. The minimum Gasteiger partial charge on any atom is -0.493 e. The molecule has 0 saturated heterocycles. The highest BCUT2D eigenvalue weighted by Gasteiger charge is 2.26. The fourth-order valence-electron chi connectivity index (χ4n) is 2.28. The van der Waals surface area contributed by atoms with Crippen LogP contribution in [0.5, 0.6) is 5.75 Å². The first-order chi connectivity index (χ1) is 10.1. The molecule has 112 valence electrons. The number of hydrogen-bond donors (Lipinski definition) is 3. The number of fused-ring (bicyclic) bond motifs is 1. The van der Waals surface area contributed by atoms with E-state index >= 15 is 0 Å². The smallest absolute Gasteiger partial charge is 0.309 e. The lowest BCUT2D eigenvalue weighted by Gasteiger charge is -2.13. The van der Waals surface area contributed by atoms with Gasteiger partial charge in [0.1, 0.15) is 5.75 Å². The van der Waals surface area contributed by atoms with Gasteiger partial charge < -0.3 is 20.5 Å². The summed E-state index contributed by atoms with van der Waals surface area (Å²) >= 11 is 0.